The normalized spacial score (nSPS) is 12.9. The van der Waals surface area contributed by atoms with Crippen LogP contribution in [0.25, 0.3) is 0 Å². The highest BCUT2D eigenvalue weighted by Crippen LogP contribution is 2.20. The Balaban J connectivity index is 2.52. The lowest BCUT2D eigenvalue weighted by atomic mass is 10.0. The maximum absolute atomic E-state index is 8.96. The maximum atomic E-state index is 8.96. The van der Waals surface area contributed by atoms with Gasteiger partial charge in [0, 0.05) is 19.7 Å². The summed E-state index contributed by atoms with van der Waals surface area (Å²) in [6.45, 7) is 9.20. The first-order valence-electron chi connectivity index (χ1n) is 6.67. The summed E-state index contributed by atoms with van der Waals surface area (Å²) in [5.74, 6) is 0.549. The van der Waals surface area contributed by atoms with Crippen LogP contribution in [0.15, 0.2) is 4.47 Å². The Hall–Kier alpha value is -0.390. The first-order valence-corrected chi connectivity index (χ1v) is 7.46. The molecule has 5 heteroatoms. The van der Waals surface area contributed by atoms with Gasteiger partial charge in [0.25, 0.3) is 0 Å². The number of aliphatic hydroxyl groups is 1. The van der Waals surface area contributed by atoms with E-state index in [1.54, 1.807) is 0 Å². The average molecular weight is 318 g/mol. The van der Waals surface area contributed by atoms with Crippen molar-refractivity contribution in [1.82, 2.24) is 15.1 Å². The SMILES string of the molecule is CCC(CCO)CNCc1c(Br)c(C)nn1CC. The van der Waals surface area contributed by atoms with E-state index in [9.17, 15) is 0 Å². The fourth-order valence-corrected chi connectivity index (χ4v) is 2.49. The van der Waals surface area contributed by atoms with Gasteiger partial charge < -0.3 is 10.4 Å². The number of aromatic nitrogens is 2. The largest absolute Gasteiger partial charge is 0.396 e. The van der Waals surface area contributed by atoms with Gasteiger partial charge in [-0.25, -0.2) is 0 Å². The van der Waals surface area contributed by atoms with Crippen LogP contribution in [-0.4, -0.2) is 28.0 Å². The molecule has 0 fully saturated rings. The van der Waals surface area contributed by atoms with Crippen molar-refractivity contribution in [3.63, 3.8) is 0 Å². The standard InChI is InChI=1S/C13H24BrN3O/c1-4-11(6-7-18)8-15-9-12-13(14)10(3)16-17(12)5-2/h11,15,18H,4-9H2,1-3H3. The quantitative estimate of drug-likeness (QED) is 0.774. The second-order valence-corrected chi connectivity index (χ2v) is 5.37. The van der Waals surface area contributed by atoms with Crippen LogP contribution in [0.2, 0.25) is 0 Å². The molecule has 0 radical (unpaired) electrons. The molecule has 1 heterocycles. The van der Waals surface area contributed by atoms with E-state index in [4.69, 9.17) is 5.11 Å². The molecule has 104 valence electrons. The maximum Gasteiger partial charge on any atom is 0.0739 e. The van der Waals surface area contributed by atoms with Crippen LogP contribution in [0.4, 0.5) is 0 Å². The second-order valence-electron chi connectivity index (χ2n) is 4.58. The summed E-state index contributed by atoms with van der Waals surface area (Å²) in [5, 5.41) is 16.9. The average Bonchev–Trinajstić information content (AvgIpc) is 2.65. The summed E-state index contributed by atoms with van der Waals surface area (Å²) in [4.78, 5) is 0. The summed E-state index contributed by atoms with van der Waals surface area (Å²) in [6, 6.07) is 0. The summed E-state index contributed by atoms with van der Waals surface area (Å²) in [6.07, 6.45) is 1.97. The van der Waals surface area contributed by atoms with Crippen molar-refractivity contribution >= 4 is 15.9 Å². The van der Waals surface area contributed by atoms with Crippen molar-refractivity contribution in [3.8, 4) is 0 Å². The van der Waals surface area contributed by atoms with Crippen molar-refractivity contribution in [2.75, 3.05) is 13.2 Å². The van der Waals surface area contributed by atoms with Gasteiger partial charge in [0.2, 0.25) is 0 Å². The van der Waals surface area contributed by atoms with E-state index < -0.39 is 0 Å². The highest BCUT2D eigenvalue weighted by Gasteiger charge is 2.12. The lowest BCUT2D eigenvalue weighted by Gasteiger charge is -2.14. The lowest BCUT2D eigenvalue weighted by Crippen LogP contribution is -2.24. The third-order valence-corrected chi connectivity index (χ3v) is 4.32. The van der Waals surface area contributed by atoms with Crippen LogP contribution in [0.5, 0.6) is 0 Å². The topological polar surface area (TPSA) is 50.1 Å². The molecule has 0 amide bonds. The van der Waals surface area contributed by atoms with Crippen molar-refractivity contribution in [2.24, 2.45) is 5.92 Å². The van der Waals surface area contributed by atoms with Crippen molar-refractivity contribution in [1.29, 1.82) is 0 Å². The number of aliphatic hydroxyl groups excluding tert-OH is 1. The van der Waals surface area contributed by atoms with Crippen molar-refractivity contribution < 1.29 is 5.11 Å². The van der Waals surface area contributed by atoms with E-state index >= 15 is 0 Å². The number of hydrogen-bond acceptors (Lipinski definition) is 3. The van der Waals surface area contributed by atoms with Gasteiger partial charge in [0.15, 0.2) is 0 Å². The number of rotatable bonds is 8. The summed E-state index contributed by atoms with van der Waals surface area (Å²) < 4.78 is 3.13. The highest BCUT2D eigenvalue weighted by atomic mass is 79.9. The number of nitrogens with zero attached hydrogens (tertiary/aromatic N) is 2. The summed E-state index contributed by atoms with van der Waals surface area (Å²) >= 11 is 3.59. The van der Waals surface area contributed by atoms with Gasteiger partial charge in [0.1, 0.15) is 0 Å². The van der Waals surface area contributed by atoms with Gasteiger partial charge in [-0.1, -0.05) is 13.3 Å². The number of aryl methyl sites for hydroxylation is 2. The van der Waals surface area contributed by atoms with E-state index in [0.29, 0.717) is 5.92 Å². The fraction of sp³-hybridized carbons (Fsp3) is 0.769. The molecule has 0 saturated carbocycles. The zero-order valence-corrected chi connectivity index (χ0v) is 13.1. The molecular weight excluding hydrogens is 294 g/mol. The molecule has 0 spiro atoms. The molecular formula is C13H24BrN3O. The molecule has 1 unspecified atom stereocenters. The van der Waals surface area contributed by atoms with Crippen LogP contribution >= 0.6 is 15.9 Å². The fourth-order valence-electron chi connectivity index (χ4n) is 2.07. The Labute approximate surface area is 118 Å². The van der Waals surface area contributed by atoms with Gasteiger partial charge in [0.05, 0.1) is 15.9 Å². The lowest BCUT2D eigenvalue weighted by molar-refractivity contribution is 0.251. The number of hydrogen-bond donors (Lipinski definition) is 2. The summed E-state index contributed by atoms with van der Waals surface area (Å²) in [5.41, 5.74) is 2.24. The monoisotopic (exact) mass is 317 g/mol. The Kier molecular flexibility index (Phi) is 6.89. The van der Waals surface area contributed by atoms with Gasteiger partial charge >= 0.3 is 0 Å². The minimum atomic E-state index is 0.274. The Morgan fingerprint density at radius 3 is 2.72 bits per heavy atom. The smallest absolute Gasteiger partial charge is 0.0739 e. The van der Waals surface area contributed by atoms with Crippen LogP contribution < -0.4 is 5.32 Å². The highest BCUT2D eigenvalue weighted by molar-refractivity contribution is 9.10. The van der Waals surface area contributed by atoms with Crippen LogP contribution in [-0.2, 0) is 13.1 Å². The molecule has 0 aliphatic carbocycles. The van der Waals surface area contributed by atoms with Crippen LogP contribution in [0.3, 0.4) is 0 Å². The predicted molar refractivity (Wildman–Crippen MR) is 77.5 cm³/mol. The van der Waals surface area contributed by atoms with E-state index in [2.05, 4.69) is 40.2 Å². The van der Waals surface area contributed by atoms with Gasteiger partial charge in [-0.15, -0.1) is 0 Å². The van der Waals surface area contributed by atoms with Crippen LogP contribution in [0.1, 0.15) is 38.1 Å². The molecule has 0 aromatic carbocycles. The molecule has 18 heavy (non-hydrogen) atoms. The van der Waals surface area contributed by atoms with Gasteiger partial charge in [-0.2, -0.15) is 5.10 Å². The van der Waals surface area contributed by atoms with Crippen molar-refractivity contribution in [3.05, 3.63) is 15.9 Å². The zero-order chi connectivity index (χ0) is 13.5. The number of halogens is 1. The molecule has 1 aromatic rings. The van der Waals surface area contributed by atoms with E-state index in [1.807, 2.05) is 11.6 Å². The van der Waals surface area contributed by atoms with Gasteiger partial charge in [-0.3, -0.25) is 4.68 Å². The molecule has 0 aliphatic heterocycles. The van der Waals surface area contributed by atoms with E-state index in [0.717, 1.165) is 42.6 Å². The molecule has 2 N–H and O–H groups in total. The molecule has 1 rings (SSSR count). The summed E-state index contributed by atoms with van der Waals surface area (Å²) in [7, 11) is 0. The van der Waals surface area contributed by atoms with Crippen LogP contribution in [0, 0.1) is 12.8 Å². The second kappa shape index (κ2) is 7.92. The van der Waals surface area contributed by atoms with Crippen molar-refractivity contribution in [2.45, 2.75) is 46.7 Å². The first-order chi connectivity index (χ1) is 8.63. The minimum absolute atomic E-state index is 0.274. The number of nitrogens with one attached hydrogen (secondary N) is 1. The molecule has 0 saturated heterocycles. The third-order valence-electron chi connectivity index (χ3n) is 3.29. The van der Waals surface area contributed by atoms with E-state index in [1.165, 1.54) is 5.69 Å². The zero-order valence-electron chi connectivity index (χ0n) is 11.5. The molecule has 1 aromatic heterocycles. The third kappa shape index (κ3) is 4.07. The molecule has 1 atom stereocenters. The molecule has 4 nitrogen and oxygen atoms in total. The predicted octanol–water partition coefficient (Wildman–Crippen LogP) is 2.47. The molecule has 0 aliphatic rings. The molecule has 0 bridgehead atoms. The van der Waals surface area contributed by atoms with E-state index in [-0.39, 0.29) is 6.61 Å². The Morgan fingerprint density at radius 1 is 1.44 bits per heavy atom. The van der Waals surface area contributed by atoms with Gasteiger partial charge in [-0.05, 0) is 48.7 Å². The first kappa shape index (κ1) is 15.7. The minimum Gasteiger partial charge on any atom is -0.396 e. The Morgan fingerprint density at radius 2 is 2.17 bits per heavy atom. The Bertz CT molecular complexity index is 365.